The molecule has 4 nitrogen and oxygen atoms in total. The first-order chi connectivity index (χ1) is 14.7. The van der Waals surface area contributed by atoms with Crippen LogP contribution in [-0.2, 0) is 18.7 Å². The minimum absolute atomic E-state index is 0.0691. The van der Waals surface area contributed by atoms with E-state index in [2.05, 4.69) is 73.9 Å². The maximum absolute atomic E-state index is 12.4. The van der Waals surface area contributed by atoms with E-state index in [1.54, 1.807) is 7.11 Å². The van der Waals surface area contributed by atoms with Crippen LogP contribution in [0.15, 0.2) is 37.0 Å². The van der Waals surface area contributed by atoms with Gasteiger partial charge >= 0.3 is 5.97 Å². The number of allylic oxidation sites excluding steroid dienone is 1. The smallest absolute Gasteiger partial charge is 0.306 e. The molecule has 0 aliphatic carbocycles. The molecule has 0 aliphatic rings. The second kappa shape index (κ2) is 14.2. The van der Waals surface area contributed by atoms with E-state index in [9.17, 15) is 4.79 Å². The number of methoxy groups -OCH3 is 1. The van der Waals surface area contributed by atoms with Gasteiger partial charge in [-0.05, 0) is 55.8 Å². The molecule has 2 unspecified atom stereocenters. The third-order valence-corrected chi connectivity index (χ3v) is 10.9. The van der Waals surface area contributed by atoms with Gasteiger partial charge in [0.25, 0.3) is 0 Å². The predicted octanol–water partition coefficient (Wildman–Crippen LogP) is 7.47. The number of unbranched alkanes of at least 4 members (excludes halogenated alkanes) is 2. The van der Waals surface area contributed by atoms with Crippen LogP contribution < -0.4 is 0 Å². The van der Waals surface area contributed by atoms with Crippen LogP contribution in [0.2, 0.25) is 18.1 Å². The van der Waals surface area contributed by atoms with E-state index in [-0.39, 0.29) is 41.2 Å². The van der Waals surface area contributed by atoms with Gasteiger partial charge in [0, 0.05) is 19.4 Å². The number of hydrogen-bond acceptors (Lipinski definition) is 4. The molecule has 32 heavy (non-hydrogen) atoms. The van der Waals surface area contributed by atoms with Gasteiger partial charge in [-0.2, -0.15) is 0 Å². The predicted molar refractivity (Wildman–Crippen MR) is 139 cm³/mol. The van der Waals surface area contributed by atoms with Crippen LogP contribution in [0.25, 0.3) is 0 Å². The molecular weight excluding hydrogens is 416 g/mol. The Morgan fingerprint density at radius 3 is 2.12 bits per heavy atom. The molecule has 0 aromatic carbocycles. The van der Waals surface area contributed by atoms with Gasteiger partial charge in [0.2, 0.25) is 0 Å². The maximum atomic E-state index is 12.4. The average molecular weight is 467 g/mol. The van der Waals surface area contributed by atoms with Crippen molar-refractivity contribution in [1.29, 1.82) is 0 Å². The third kappa shape index (κ3) is 10.2. The van der Waals surface area contributed by atoms with E-state index < -0.39 is 8.32 Å². The molecule has 0 aliphatic heterocycles. The van der Waals surface area contributed by atoms with E-state index in [0.29, 0.717) is 6.42 Å². The van der Waals surface area contributed by atoms with Crippen LogP contribution in [0.1, 0.15) is 74.1 Å². The summed E-state index contributed by atoms with van der Waals surface area (Å²) in [5.74, 6) is 0.121. The molecule has 0 saturated carbocycles. The summed E-state index contributed by atoms with van der Waals surface area (Å²) < 4.78 is 18.4. The molecule has 0 aromatic heterocycles. The lowest BCUT2D eigenvalue weighted by atomic mass is 9.92. The SMILES string of the molecule is C=CCCCCC(=O)OC(/C(C)=C\C(C)[C@H](O[Si](C)(C)C(C)(C)C)[C@H](C=C)OC)C(C)C. The van der Waals surface area contributed by atoms with Crippen LogP contribution >= 0.6 is 0 Å². The van der Waals surface area contributed by atoms with Gasteiger partial charge in [-0.25, -0.2) is 0 Å². The quantitative estimate of drug-likeness (QED) is 0.109. The molecule has 0 bridgehead atoms. The Kier molecular flexibility index (Phi) is 13.6. The summed E-state index contributed by atoms with van der Waals surface area (Å²) in [6.45, 7) is 27.3. The summed E-state index contributed by atoms with van der Waals surface area (Å²) in [6.07, 6.45) is 8.43. The lowest BCUT2D eigenvalue weighted by Crippen LogP contribution is -2.49. The Morgan fingerprint density at radius 2 is 1.69 bits per heavy atom. The molecule has 0 heterocycles. The summed E-state index contributed by atoms with van der Waals surface area (Å²) in [5, 5.41) is 0.0881. The Hall–Kier alpha value is -1.17. The van der Waals surface area contributed by atoms with Gasteiger partial charge < -0.3 is 13.9 Å². The molecule has 0 spiro atoms. The zero-order chi connectivity index (χ0) is 25.1. The summed E-state index contributed by atoms with van der Waals surface area (Å²) in [6, 6.07) is 0. The molecule has 0 saturated heterocycles. The minimum atomic E-state index is -2.02. The molecule has 0 radical (unpaired) electrons. The van der Waals surface area contributed by atoms with Crippen LogP contribution in [0.3, 0.4) is 0 Å². The zero-order valence-electron chi connectivity index (χ0n) is 22.5. The normalized spacial score (nSPS) is 16.9. The largest absolute Gasteiger partial charge is 0.458 e. The first-order valence-electron chi connectivity index (χ1n) is 12.0. The number of ether oxygens (including phenoxy) is 2. The molecule has 0 aromatic rings. The monoisotopic (exact) mass is 466 g/mol. The molecule has 4 atom stereocenters. The van der Waals surface area contributed by atoms with Crippen molar-refractivity contribution in [2.45, 2.75) is 111 Å². The Bertz CT molecular complexity index is 616. The van der Waals surface area contributed by atoms with Crippen molar-refractivity contribution in [2.24, 2.45) is 11.8 Å². The van der Waals surface area contributed by atoms with E-state index in [1.165, 1.54) is 0 Å². The first kappa shape index (κ1) is 30.8. The fraction of sp³-hybridized carbons (Fsp3) is 0.741. The highest BCUT2D eigenvalue weighted by Gasteiger charge is 2.41. The van der Waals surface area contributed by atoms with Crippen molar-refractivity contribution in [3.05, 3.63) is 37.0 Å². The molecule has 0 amide bonds. The molecule has 0 fully saturated rings. The van der Waals surface area contributed by atoms with Crippen LogP contribution in [-0.4, -0.2) is 39.7 Å². The van der Waals surface area contributed by atoms with Crippen LogP contribution in [0.5, 0.6) is 0 Å². The van der Waals surface area contributed by atoms with Crippen molar-refractivity contribution in [1.82, 2.24) is 0 Å². The van der Waals surface area contributed by atoms with E-state index in [0.717, 1.165) is 24.8 Å². The van der Waals surface area contributed by atoms with Crippen LogP contribution in [0, 0.1) is 11.8 Å². The molecule has 186 valence electrons. The van der Waals surface area contributed by atoms with E-state index in [4.69, 9.17) is 13.9 Å². The van der Waals surface area contributed by atoms with Gasteiger partial charge in [0.05, 0.1) is 6.10 Å². The number of carbonyl (C=O) groups is 1. The van der Waals surface area contributed by atoms with Crippen molar-refractivity contribution in [3.63, 3.8) is 0 Å². The molecule has 0 N–H and O–H groups in total. The zero-order valence-corrected chi connectivity index (χ0v) is 23.5. The fourth-order valence-electron chi connectivity index (χ4n) is 3.47. The van der Waals surface area contributed by atoms with Gasteiger partial charge in [0.1, 0.15) is 12.2 Å². The molecule has 5 heteroatoms. The number of esters is 1. The Labute approximate surface area is 199 Å². The second-order valence-corrected chi connectivity index (χ2v) is 15.5. The number of carbonyl (C=O) groups excluding carboxylic acids is 1. The lowest BCUT2D eigenvalue weighted by Gasteiger charge is -2.42. The van der Waals surface area contributed by atoms with Gasteiger partial charge in [-0.1, -0.05) is 59.8 Å². The van der Waals surface area contributed by atoms with Crippen molar-refractivity contribution < 1.29 is 18.7 Å². The van der Waals surface area contributed by atoms with Gasteiger partial charge in [0.15, 0.2) is 8.32 Å². The highest BCUT2D eigenvalue weighted by atomic mass is 28.4. The topological polar surface area (TPSA) is 44.8 Å². The van der Waals surface area contributed by atoms with Crippen molar-refractivity contribution in [3.8, 4) is 0 Å². The third-order valence-electron chi connectivity index (χ3n) is 6.46. The highest BCUT2D eigenvalue weighted by Crippen LogP contribution is 2.39. The maximum Gasteiger partial charge on any atom is 0.306 e. The van der Waals surface area contributed by atoms with Crippen LogP contribution in [0.4, 0.5) is 0 Å². The van der Waals surface area contributed by atoms with Gasteiger partial charge in [-0.15, -0.1) is 13.2 Å². The number of hydrogen-bond donors (Lipinski definition) is 0. The van der Waals surface area contributed by atoms with E-state index in [1.807, 2.05) is 19.1 Å². The van der Waals surface area contributed by atoms with Gasteiger partial charge in [-0.3, -0.25) is 4.79 Å². The average Bonchev–Trinajstić information content (AvgIpc) is 2.68. The second-order valence-electron chi connectivity index (χ2n) is 10.7. The summed E-state index contributed by atoms with van der Waals surface area (Å²) in [5.41, 5.74) is 1.05. The summed E-state index contributed by atoms with van der Waals surface area (Å²) in [4.78, 5) is 12.4. The van der Waals surface area contributed by atoms with Crippen molar-refractivity contribution in [2.75, 3.05) is 7.11 Å². The molecule has 0 rings (SSSR count). The highest BCUT2D eigenvalue weighted by molar-refractivity contribution is 6.74. The molecular formula is C27H50O4Si. The van der Waals surface area contributed by atoms with E-state index >= 15 is 0 Å². The van der Waals surface area contributed by atoms with Crippen molar-refractivity contribution >= 4 is 14.3 Å². The fourth-order valence-corrected chi connectivity index (χ4v) is 4.86. The number of rotatable bonds is 15. The Morgan fingerprint density at radius 1 is 1.09 bits per heavy atom. The summed E-state index contributed by atoms with van der Waals surface area (Å²) in [7, 11) is -0.326. The Balaban J connectivity index is 5.61. The summed E-state index contributed by atoms with van der Waals surface area (Å²) >= 11 is 0. The lowest BCUT2D eigenvalue weighted by molar-refractivity contribution is -0.149. The standard InChI is InChI=1S/C27H50O4Si/c1-13-15-16-17-18-24(28)30-25(20(3)4)21(5)19-22(6)26(23(14-2)29-10)31-32(11,12)27(7,8)9/h13-14,19-20,22-23,25-26H,1-2,15-18H2,3-12H3/b21-19-/t22?,23-,25?,26-/m0/s1. The first-order valence-corrected chi connectivity index (χ1v) is 14.9. The minimum Gasteiger partial charge on any atom is -0.458 e.